The minimum Gasteiger partial charge on any atom is -0.399 e. The van der Waals surface area contributed by atoms with Crippen LogP contribution in [-0.4, -0.2) is 27.9 Å². The van der Waals surface area contributed by atoms with Gasteiger partial charge in [-0.15, -0.1) is 0 Å². The average Bonchev–Trinajstić information content (AvgIpc) is 2.82. The molecule has 2 heterocycles. The van der Waals surface area contributed by atoms with E-state index in [0.29, 0.717) is 30.2 Å². The molecule has 0 spiro atoms. The fourth-order valence-corrected chi connectivity index (χ4v) is 2.69. The van der Waals surface area contributed by atoms with Crippen molar-refractivity contribution < 1.29 is 4.79 Å². The first-order chi connectivity index (χ1) is 11.0. The van der Waals surface area contributed by atoms with Crippen molar-refractivity contribution in [2.75, 3.05) is 12.3 Å². The highest BCUT2D eigenvalue weighted by atomic mass is 16.2. The topological polar surface area (TPSA) is 85.3 Å². The number of nitrogen functional groups attached to an aromatic ring is 1. The van der Waals surface area contributed by atoms with Crippen molar-refractivity contribution in [3.63, 3.8) is 0 Å². The molecule has 0 aliphatic carbocycles. The Morgan fingerprint density at radius 1 is 1.30 bits per heavy atom. The molecule has 0 atom stereocenters. The summed E-state index contributed by atoms with van der Waals surface area (Å²) in [5.41, 5.74) is 10.3. The van der Waals surface area contributed by atoms with Crippen LogP contribution in [0.4, 0.5) is 11.4 Å². The number of hydrogen-bond acceptors (Lipinski definition) is 4. The second kappa shape index (κ2) is 5.87. The number of amides is 1. The SMILES string of the molecule is CCn1nc(C(C)C)c2c1C(=O)NCC(c1ccc(N)cc1)=N2. The largest absolute Gasteiger partial charge is 0.399 e. The van der Waals surface area contributed by atoms with Crippen molar-refractivity contribution in [3.8, 4) is 0 Å². The number of nitrogens with zero attached hydrogens (tertiary/aromatic N) is 3. The summed E-state index contributed by atoms with van der Waals surface area (Å²) in [5.74, 6) is 0.0642. The summed E-state index contributed by atoms with van der Waals surface area (Å²) < 4.78 is 1.73. The van der Waals surface area contributed by atoms with Crippen LogP contribution in [0.5, 0.6) is 0 Å². The van der Waals surface area contributed by atoms with Gasteiger partial charge >= 0.3 is 0 Å². The molecule has 3 N–H and O–H groups in total. The highest BCUT2D eigenvalue weighted by Gasteiger charge is 2.27. The Labute approximate surface area is 135 Å². The van der Waals surface area contributed by atoms with Crippen LogP contribution in [0.3, 0.4) is 0 Å². The number of nitrogens with two attached hydrogens (primary N) is 1. The number of carbonyl (C=O) groups excluding carboxylic acids is 1. The van der Waals surface area contributed by atoms with Gasteiger partial charge in [0.1, 0.15) is 5.69 Å². The molecule has 6 heteroatoms. The number of benzene rings is 1. The van der Waals surface area contributed by atoms with E-state index in [9.17, 15) is 4.79 Å². The van der Waals surface area contributed by atoms with E-state index in [4.69, 9.17) is 10.7 Å². The lowest BCUT2D eigenvalue weighted by molar-refractivity contribution is 0.0950. The smallest absolute Gasteiger partial charge is 0.272 e. The van der Waals surface area contributed by atoms with Gasteiger partial charge in [-0.2, -0.15) is 5.10 Å². The standard InChI is InChI=1S/C17H21N5O/c1-4-22-16-15(14(21-22)10(2)3)20-13(9-19-17(16)23)11-5-7-12(18)8-6-11/h5-8,10H,4,9,18H2,1-3H3,(H,19,23). The van der Waals surface area contributed by atoms with E-state index in [0.717, 1.165) is 17.0 Å². The second-order valence-corrected chi connectivity index (χ2v) is 5.92. The highest BCUT2D eigenvalue weighted by Crippen LogP contribution is 2.32. The zero-order valence-corrected chi connectivity index (χ0v) is 13.6. The minimum atomic E-state index is -0.129. The van der Waals surface area contributed by atoms with Crippen LogP contribution in [0.2, 0.25) is 0 Å². The maximum Gasteiger partial charge on any atom is 0.272 e. The number of fused-ring (bicyclic) bond motifs is 1. The zero-order valence-electron chi connectivity index (χ0n) is 13.6. The van der Waals surface area contributed by atoms with Gasteiger partial charge in [0.25, 0.3) is 5.91 Å². The van der Waals surface area contributed by atoms with Crippen molar-refractivity contribution in [1.82, 2.24) is 15.1 Å². The molecule has 2 aromatic rings. The maximum atomic E-state index is 12.5. The van der Waals surface area contributed by atoms with Crippen LogP contribution >= 0.6 is 0 Å². The van der Waals surface area contributed by atoms with Crippen LogP contribution in [0.1, 0.15) is 48.4 Å². The molecule has 23 heavy (non-hydrogen) atoms. The van der Waals surface area contributed by atoms with E-state index < -0.39 is 0 Å². The van der Waals surface area contributed by atoms with Gasteiger partial charge < -0.3 is 11.1 Å². The predicted octanol–water partition coefficient (Wildman–Crippen LogP) is 2.47. The Morgan fingerprint density at radius 2 is 2.00 bits per heavy atom. The summed E-state index contributed by atoms with van der Waals surface area (Å²) in [6, 6.07) is 7.52. The molecule has 0 radical (unpaired) electrons. The normalized spacial score (nSPS) is 14.3. The van der Waals surface area contributed by atoms with Gasteiger partial charge in [-0.05, 0) is 30.5 Å². The molecule has 120 valence electrons. The Hall–Kier alpha value is -2.63. The Bertz CT molecular complexity index is 771. The monoisotopic (exact) mass is 311 g/mol. The minimum absolute atomic E-state index is 0.129. The number of rotatable bonds is 3. The molecule has 0 fully saturated rings. The quantitative estimate of drug-likeness (QED) is 0.854. The van der Waals surface area contributed by atoms with Crippen molar-refractivity contribution in [2.24, 2.45) is 4.99 Å². The molecule has 0 saturated heterocycles. The van der Waals surface area contributed by atoms with E-state index >= 15 is 0 Å². The van der Waals surface area contributed by atoms with E-state index in [-0.39, 0.29) is 11.8 Å². The molecule has 6 nitrogen and oxygen atoms in total. The lowest BCUT2D eigenvalue weighted by Gasteiger charge is -2.07. The second-order valence-electron chi connectivity index (χ2n) is 5.92. The number of nitrogens with one attached hydrogen (secondary N) is 1. The lowest BCUT2D eigenvalue weighted by Crippen LogP contribution is -2.29. The maximum absolute atomic E-state index is 12.5. The van der Waals surface area contributed by atoms with Crippen LogP contribution in [-0.2, 0) is 6.54 Å². The Balaban J connectivity index is 2.17. The van der Waals surface area contributed by atoms with Gasteiger partial charge in [0.15, 0.2) is 5.69 Å². The van der Waals surface area contributed by atoms with Crippen molar-refractivity contribution >= 4 is 23.0 Å². The number of anilines is 1. The van der Waals surface area contributed by atoms with Crippen LogP contribution in [0, 0.1) is 0 Å². The molecule has 1 aliphatic rings. The first kappa shape index (κ1) is 15.3. The Kier molecular flexibility index (Phi) is 3.90. The lowest BCUT2D eigenvalue weighted by atomic mass is 10.1. The first-order valence-electron chi connectivity index (χ1n) is 7.83. The van der Waals surface area contributed by atoms with Gasteiger partial charge in [0.2, 0.25) is 0 Å². The third kappa shape index (κ3) is 2.72. The fraction of sp³-hybridized carbons (Fsp3) is 0.353. The average molecular weight is 311 g/mol. The zero-order chi connectivity index (χ0) is 16.6. The summed E-state index contributed by atoms with van der Waals surface area (Å²) in [5, 5.41) is 7.50. The Morgan fingerprint density at radius 3 is 2.61 bits per heavy atom. The first-order valence-corrected chi connectivity index (χ1v) is 7.83. The van der Waals surface area contributed by atoms with Crippen molar-refractivity contribution in [2.45, 2.75) is 33.2 Å². The van der Waals surface area contributed by atoms with Gasteiger partial charge in [0.05, 0.1) is 18.0 Å². The molecule has 0 unspecified atom stereocenters. The number of aromatic nitrogens is 2. The summed E-state index contributed by atoms with van der Waals surface area (Å²) in [6.45, 7) is 7.11. The molecule has 3 rings (SSSR count). The highest BCUT2D eigenvalue weighted by molar-refractivity contribution is 6.10. The summed E-state index contributed by atoms with van der Waals surface area (Å²) in [6.07, 6.45) is 0. The number of hydrogen-bond donors (Lipinski definition) is 2. The summed E-state index contributed by atoms with van der Waals surface area (Å²) >= 11 is 0. The van der Waals surface area contributed by atoms with E-state index in [1.165, 1.54) is 0 Å². The number of carbonyl (C=O) groups is 1. The van der Waals surface area contributed by atoms with Crippen LogP contribution in [0.25, 0.3) is 0 Å². The van der Waals surface area contributed by atoms with Crippen molar-refractivity contribution in [1.29, 1.82) is 0 Å². The number of aryl methyl sites for hydroxylation is 1. The van der Waals surface area contributed by atoms with Gasteiger partial charge in [-0.3, -0.25) is 9.48 Å². The molecule has 1 aromatic carbocycles. The molecule has 1 amide bonds. The molecule has 1 aliphatic heterocycles. The molecule has 0 saturated carbocycles. The molecule has 0 bridgehead atoms. The predicted molar refractivity (Wildman–Crippen MR) is 91.4 cm³/mol. The molecular formula is C17H21N5O. The number of aliphatic imine (C=N–C) groups is 1. The fourth-order valence-electron chi connectivity index (χ4n) is 2.69. The summed E-state index contributed by atoms with van der Waals surface area (Å²) in [4.78, 5) is 17.3. The summed E-state index contributed by atoms with van der Waals surface area (Å²) in [7, 11) is 0. The molecular weight excluding hydrogens is 290 g/mol. The van der Waals surface area contributed by atoms with Gasteiger partial charge in [-0.1, -0.05) is 26.0 Å². The van der Waals surface area contributed by atoms with E-state index in [1.807, 2.05) is 31.2 Å². The van der Waals surface area contributed by atoms with E-state index in [1.54, 1.807) is 4.68 Å². The van der Waals surface area contributed by atoms with Crippen molar-refractivity contribution in [3.05, 3.63) is 41.2 Å². The molecule has 1 aromatic heterocycles. The van der Waals surface area contributed by atoms with Crippen LogP contribution < -0.4 is 11.1 Å². The van der Waals surface area contributed by atoms with Crippen LogP contribution in [0.15, 0.2) is 29.3 Å². The third-order valence-electron chi connectivity index (χ3n) is 3.92. The van der Waals surface area contributed by atoms with E-state index in [2.05, 4.69) is 24.3 Å². The van der Waals surface area contributed by atoms with Gasteiger partial charge in [-0.25, -0.2) is 4.99 Å². The third-order valence-corrected chi connectivity index (χ3v) is 3.92. The van der Waals surface area contributed by atoms with Gasteiger partial charge in [0, 0.05) is 12.2 Å².